The van der Waals surface area contributed by atoms with Crippen LogP contribution in [0.5, 0.6) is 0 Å². The summed E-state index contributed by atoms with van der Waals surface area (Å²) in [5, 5.41) is 5.00. The molecule has 1 aromatic carbocycles. The van der Waals surface area contributed by atoms with Crippen molar-refractivity contribution in [3.05, 3.63) is 47.1 Å². The van der Waals surface area contributed by atoms with Gasteiger partial charge in [-0.15, -0.1) is 11.3 Å². The van der Waals surface area contributed by atoms with E-state index in [-0.39, 0.29) is 6.61 Å². The van der Waals surface area contributed by atoms with Crippen LogP contribution in [-0.2, 0) is 4.74 Å². The highest BCUT2D eigenvalue weighted by molar-refractivity contribution is 7.17. The molecule has 0 spiro atoms. The van der Waals surface area contributed by atoms with Crippen molar-refractivity contribution >= 4 is 39.0 Å². The van der Waals surface area contributed by atoms with E-state index in [2.05, 4.69) is 15.3 Å². The average molecular weight is 335 g/mol. The highest BCUT2D eigenvalue weighted by Gasteiger charge is 2.18. The Morgan fingerprint density at radius 2 is 2.13 bits per heavy atom. The molecule has 0 amide bonds. The third kappa shape index (κ3) is 2.98. The Labute approximate surface area is 134 Å². The summed E-state index contributed by atoms with van der Waals surface area (Å²) in [6.45, 7) is 1.96. The number of hydrogen-bond acceptors (Lipinski definition) is 6. The van der Waals surface area contributed by atoms with Crippen LogP contribution in [0, 0.1) is 11.6 Å². The number of halogens is 2. The molecule has 0 aliphatic heterocycles. The molecule has 5 nitrogen and oxygen atoms in total. The summed E-state index contributed by atoms with van der Waals surface area (Å²) in [6, 6.07) is 3.40. The molecular weight excluding hydrogens is 324 g/mol. The molecule has 3 rings (SSSR count). The predicted molar refractivity (Wildman–Crippen MR) is 83.0 cm³/mol. The number of rotatable bonds is 4. The minimum absolute atomic E-state index is 0.246. The lowest BCUT2D eigenvalue weighted by Gasteiger charge is -2.08. The molecule has 118 valence electrons. The Balaban J connectivity index is 2.04. The largest absolute Gasteiger partial charge is 0.462 e. The monoisotopic (exact) mass is 335 g/mol. The molecule has 0 aliphatic carbocycles. The fraction of sp³-hybridized carbons (Fsp3) is 0.133. The van der Waals surface area contributed by atoms with Crippen molar-refractivity contribution in [3.8, 4) is 0 Å². The number of nitrogens with zero attached hydrogens (tertiary/aromatic N) is 2. The molecule has 2 aromatic heterocycles. The smallest absolute Gasteiger partial charge is 0.339 e. The van der Waals surface area contributed by atoms with E-state index in [1.54, 1.807) is 12.3 Å². The van der Waals surface area contributed by atoms with Gasteiger partial charge in [-0.1, -0.05) is 0 Å². The zero-order valence-electron chi connectivity index (χ0n) is 12.0. The van der Waals surface area contributed by atoms with Gasteiger partial charge < -0.3 is 10.1 Å². The first-order valence-electron chi connectivity index (χ1n) is 6.71. The van der Waals surface area contributed by atoms with Gasteiger partial charge in [-0.05, 0) is 19.1 Å². The Hall–Kier alpha value is -2.61. The maximum atomic E-state index is 13.3. The van der Waals surface area contributed by atoms with Crippen molar-refractivity contribution in [3.63, 3.8) is 0 Å². The lowest BCUT2D eigenvalue weighted by Crippen LogP contribution is -2.05. The number of anilines is 2. The Morgan fingerprint density at radius 1 is 1.30 bits per heavy atom. The van der Waals surface area contributed by atoms with E-state index in [0.29, 0.717) is 27.3 Å². The van der Waals surface area contributed by atoms with Gasteiger partial charge in [0.1, 0.15) is 17.0 Å². The van der Waals surface area contributed by atoms with Crippen molar-refractivity contribution in [2.45, 2.75) is 6.92 Å². The maximum Gasteiger partial charge on any atom is 0.339 e. The summed E-state index contributed by atoms with van der Waals surface area (Å²) in [6.07, 6.45) is 1.33. The average Bonchev–Trinajstić information content (AvgIpc) is 2.96. The summed E-state index contributed by atoms with van der Waals surface area (Å²) in [7, 11) is 0. The van der Waals surface area contributed by atoms with Crippen molar-refractivity contribution in [1.29, 1.82) is 0 Å². The number of carbonyl (C=O) groups excluding carboxylic acids is 1. The molecule has 0 atom stereocenters. The summed E-state index contributed by atoms with van der Waals surface area (Å²) >= 11 is 1.27. The van der Waals surface area contributed by atoms with Gasteiger partial charge in [-0.25, -0.2) is 23.5 Å². The first kappa shape index (κ1) is 15.3. The van der Waals surface area contributed by atoms with Gasteiger partial charge in [-0.3, -0.25) is 0 Å². The van der Waals surface area contributed by atoms with E-state index in [1.165, 1.54) is 23.7 Å². The minimum atomic E-state index is -0.976. The fourth-order valence-corrected chi connectivity index (χ4v) is 2.92. The van der Waals surface area contributed by atoms with Crippen LogP contribution >= 0.6 is 11.3 Å². The van der Waals surface area contributed by atoms with Gasteiger partial charge >= 0.3 is 5.97 Å². The summed E-state index contributed by atoms with van der Waals surface area (Å²) < 4.78 is 31.3. The first-order valence-corrected chi connectivity index (χ1v) is 7.59. The van der Waals surface area contributed by atoms with Gasteiger partial charge in [0, 0.05) is 17.1 Å². The van der Waals surface area contributed by atoms with Gasteiger partial charge in [0.25, 0.3) is 0 Å². The van der Waals surface area contributed by atoms with E-state index >= 15 is 0 Å². The highest BCUT2D eigenvalue weighted by Crippen LogP contribution is 2.31. The quantitative estimate of drug-likeness (QED) is 0.733. The van der Waals surface area contributed by atoms with Gasteiger partial charge in [0.2, 0.25) is 0 Å². The minimum Gasteiger partial charge on any atom is -0.462 e. The van der Waals surface area contributed by atoms with Gasteiger partial charge in [0.05, 0.1) is 17.6 Å². The third-order valence-corrected chi connectivity index (χ3v) is 3.93. The van der Waals surface area contributed by atoms with Crippen LogP contribution in [0.2, 0.25) is 0 Å². The molecule has 0 saturated carbocycles. The van der Waals surface area contributed by atoms with Gasteiger partial charge in [0.15, 0.2) is 11.6 Å². The van der Waals surface area contributed by atoms with E-state index in [0.717, 1.165) is 12.1 Å². The number of benzene rings is 1. The third-order valence-electron chi connectivity index (χ3n) is 3.05. The zero-order chi connectivity index (χ0) is 16.4. The Morgan fingerprint density at radius 3 is 2.87 bits per heavy atom. The number of thiophene rings is 1. The molecule has 0 radical (unpaired) electrons. The van der Waals surface area contributed by atoms with E-state index in [1.807, 2.05) is 0 Å². The van der Waals surface area contributed by atoms with E-state index in [9.17, 15) is 13.6 Å². The molecule has 0 saturated heterocycles. The molecule has 3 aromatic rings. The van der Waals surface area contributed by atoms with Crippen LogP contribution < -0.4 is 5.32 Å². The van der Waals surface area contributed by atoms with Crippen molar-refractivity contribution in [1.82, 2.24) is 9.97 Å². The second-order valence-electron chi connectivity index (χ2n) is 4.53. The van der Waals surface area contributed by atoms with Crippen molar-refractivity contribution < 1.29 is 18.3 Å². The molecule has 23 heavy (non-hydrogen) atoms. The lowest BCUT2D eigenvalue weighted by molar-refractivity contribution is 0.0529. The standard InChI is InChI=1S/C15H11F2N3O2S/c1-2-22-15(21)9-6-23-14-12(9)13(18-7-19-14)20-8-3-4-10(16)11(17)5-8/h3-7H,2H2,1H3,(H,18,19,20). The van der Waals surface area contributed by atoms with Crippen LogP contribution in [0.1, 0.15) is 17.3 Å². The number of nitrogens with one attached hydrogen (secondary N) is 1. The van der Waals surface area contributed by atoms with Crippen LogP contribution in [-0.4, -0.2) is 22.5 Å². The van der Waals surface area contributed by atoms with Gasteiger partial charge in [-0.2, -0.15) is 0 Å². The SMILES string of the molecule is CCOC(=O)c1csc2ncnc(Nc3ccc(F)c(F)c3)c12. The number of carbonyl (C=O) groups is 1. The fourth-order valence-electron chi connectivity index (χ4n) is 2.04. The van der Waals surface area contributed by atoms with E-state index < -0.39 is 17.6 Å². The second kappa shape index (κ2) is 6.25. The number of hydrogen-bond donors (Lipinski definition) is 1. The summed E-state index contributed by atoms with van der Waals surface area (Å²) in [4.78, 5) is 20.8. The molecule has 2 heterocycles. The zero-order valence-corrected chi connectivity index (χ0v) is 12.8. The molecule has 0 aliphatic rings. The topological polar surface area (TPSA) is 64.1 Å². The van der Waals surface area contributed by atoms with E-state index in [4.69, 9.17) is 4.74 Å². The molecule has 1 N–H and O–H groups in total. The van der Waals surface area contributed by atoms with Crippen molar-refractivity contribution in [2.75, 3.05) is 11.9 Å². The highest BCUT2D eigenvalue weighted by atomic mass is 32.1. The molecule has 0 bridgehead atoms. The second-order valence-corrected chi connectivity index (χ2v) is 5.38. The molecule has 0 fully saturated rings. The Kier molecular flexibility index (Phi) is 4.16. The summed E-state index contributed by atoms with van der Waals surface area (Å²) in [5.74, 6) is -2.07. The van der Waals surface area contributed by atoms with Crippen LogP contribution in [0.3, 0.4) is 0 Å². The number of fused-ring (bicyclic) bond motifs is 1. The number of aromatic nitrogens is 2. The molecule has 0 unspecified atom stereocenters. The molecular formula is C15H11F2N3O2S. The number of ether oxygens (including phenoxy) is 1. The van der Waals surface area contributed by atoms with Crippen LogP contribution in [0.25, 0.3) is 10.2 Å². The van der Waals surface area contributed by atoms with Crippen molar-refractivity contribution in [2.24, 2.45) is 0 Å². The summed E-state index contributed by atoms with van der Waals surface area (Å²) in [5.41, 5.74) is 0.641. The number of esters is 1. The lowest BCUT2D eigenvalue weighted by atomic mass is 10.2. The maximum absolute atomic E-state index is 13.3. The molecule has 8 heteroatoms. The first-order chi connectivity index (χ1) is 11.1. The normalized spacial score (nSPS) is 10.7. The van der Waals surface area contributed by atoms with Crippen LogP contribution in [0.15, 0.2) is 29.9 Å². The predicted octanol–water partition coefficient (Wildman–Crippen LogP) is 3.89. The Bertz CT molecular complexity index is 882. The van der Waals surface area contributed by atoms with Crippen LogP contribution in [0.4, 0.5) is 20.3 Å².